The zero-order chi connectivity index (χ0) is 69.9. The molecule has 0 saturated heterocycles. The molecule has 4 bridgehead atoms. The van der Waals surface area contributed by atoms with Gasteiger partial charge in [0.2, 0.25) is 11.9 Å². The van der Waals surface area contributed by atoms with Gasteiger partial charge in [0.1, 0.15) is 48.2 Å². The van der Waals surface area contributed by atoms with E-state index in [1.54, 1.807) is 52.0 Å². The van der Waals surface area contributed by atoms with Gasteiger partial charge in [-0.05, 0) is 143 Å². The fourth-order valence-electron chi connectivity index (χ4n) is 13.1. The molecule has 97 heavy (non-hydrogen) atoms. The van der Waals surface area contributed by atoms with Crippen molar-refractivity contribution in [3.63, 3.8) is 0 Å². The first-order valence-corrected chi connectivity index (χ1v) is 32.5. The van der Waals surface area contributed by atoms with Crippen LogP contribution in [0.15, 0.2) is 73.3 Å². The summed E-state index contributed by atoms with van der Waals surface area (Å²) in [5.41, 5.74) is 7.09. The van der Waals surface area contributed by atoms with Gasteiger partial charge in [0, 0.05) is 91.1 Å². The average molecular weight is 1340 g/mol. The molecule has 14 rings (SSSR count). The number of aromatic nitrogens is 10. The summed E-state index contributed by atoms with van der Waals surface area (Å²) in [6, 6.07) is 21.0. The molecule has 6 aliphatic carbocycles. The fraction of sp³-hybridized carbons (Fsp3) is 0.465. The number of rotatable bonds is 20. The van der Waals surface area contributed by atoms with Crippen molar-refractivity contribution in [3.05, 3.63) is 147 Å². The smallest absolute Gasteiger partial charge is 0.415 e. The third-order valence-corrected chi connectivity index (χ3v) is 18.2. The van der Waals surface area contributed by atoms with Gasteiger partial charge in [-0.1, -0.05) is 64.1 Å². The molecule has 6 heterocycles. The number of nitriles is 4. The summed E-state index contributed by atoms with van der Waals surface area (Å²) in [5, 5.41) is 66.5. The number of benzene rings is 2. The van der Waals surface area contributed by atoms with E-state index in [4.69, 9.17) is 21.1 Å². The Kier molecular flexibility index (Phi) is 20.6. The molecule has 2 aromatic carbocycles. The number of aryl methyl sites for hydroxylation is 2. The second kappa shape index (κ2) is 28.5. The predicted octanol–water partition coefficient (Wildman–Crippen LogP) is 13.3. The van der Waals surface area contributed by atoms with Gasteiger partial charge in [-0.2, -0.15) is 29.8 Å². The maximum atomic E-state index is 14.4. The van der Waals surface area contributed by atoms with Gasteiger partial charge < -0.3 is 29.6 Å². The van der Waals surface area contributed by atoms with Crippen molar-refractivity contribution >= 4 is 62.0 Å². The summed E-state index contributed by atoms with van der Waals surface area (Å²) in [6.45, 7) is 21.1. The normalized spacial score (nSPS) is 19.1. The zero-order valence-electron chi connectivity index (χ0n) is 56.5. The van der Waals surface area contributed by atoms with Crippen molar-refractivity contribution in [2.75, 3.05) is 56.1 Å². The van der Waals surface area contributed by atoms with Gasteiger partial charge in [0.15, 0.2) is 0 Å². The number of pyridine rings is 4. The highest BCUT2D eigenvalue weighted by molar-refractivity contribution is 6.61. The highest BCUT2D eigenvalue weighted by atomic mass is 35.5. The van der Waals surface area contributed by atoms with Crippen LogP contribution < -0.4 is 15.5 Å². The Morgan fingerprint density at radius 1 is 0.660 bits per heavy atom. The molecule has 6 aliphatic rings. The number of fused-ring (bicyclic) bond motifs is 2. The number of nitrogens with zero attached hydrogens (tertiary/aromatic N) is 15. The molecular weight excluding hydrogens is 1260 g/mol. The molecule has 4 atom stereocenters. The molecule has 23 nitrogen and oxygen atoms in total. The minimum atomic E-state index is -0.983. The van der Waals surface area contributed by atoms with E-state index in [9.17, 15) is 39.4 Å². The van der Waals surface area contributed by atoms with Crippen LogP contribution in [0.1, 0.15) is 168 Å². The van der Waals surface area contributed by atoms with Gasteiger partial charge >= 0.3 is 11.5 Å². The SMILES string of the molecule is COC[C@@H](C)OC(=O)Cl.COC[C@@H](C)OC(=O)N(c1cc(C#N)c2ncc(C#N)c(NCC(C)(C)C)c2c1)C(c1cn(C23CC(C2)C3)nn1)c1ccc(F)nc1C.Cc1nc(F)ccc1C(Cc1cc(C#N)c2ncc(C#N)c(NCC(C)(C)C)c2c1)c1cn(C23CC(C2)C3)nn1. The molecule has 8 aromatic rings. The summed E-state index contributed by atoms with van der Waals surface area (Å²) in [5.74, 6) is 0.0520. The molecule has 0 aliphatic heterocycles. The van der Waals surface area contributed by atoms with Crippen LogP contribution in [0.4, 0.5) is 35.4 Å². The Morgan fingerprint density at radius 2 is 1.11 bits per heavy atom. The van der Waals surface area contributed by atoms with E-state index in [1.165, 1.54) is 43.6 Å². The minimum absolute atomic E-state index is 0.0254. The number of ether oxygens (including phenoxy) is 4. The lowest BCUT2D eigenvalue weighted by atomic mass is 9.50. The van der Waals surface area contributed by atoms with Crippen LogP contribution >= 0.6 is 11.6 Å². The van der Waals surface area contributed by atoms with E-state index < -0.39 is 35.6 Å². The van der Waals surface area contributed by atoms with Gasteiger partial charge in [0.25, 0.3) is 0 Å². The number of hydrogen-bond acceptors (Lipinski definition) is 20. The monoisotopic (exact) mass is 1340 g/mol. The Hall–Kier alpha value is -9.79. The Balaban J connectivity index is 0.000000189. The van der Waals surface area contributed by atoms with Crippen molar-refractivity contribution in [3.8, 4) is 24.3 Å². The van der Waals surface area contributed by atoms with Crippen molar-refractivity contribution in [2.45, 2.75) is 149 Å². The summed E-state index contributed by atoms with van der Waals surface area (Å²) >= 11 is 4.89. The molecule has 2 unspecified atom stereocenters. The highest BCUT2D eigenvalue weighted by Crippen LogP contribution is 2.63. The molecular formula is C71H78ClF2N17O6. The lowest BCUT2D eigenvalue weighted by Gasteiger charge is -2.61. The van der Waals surface area contributed by atoms with Crippen LogP contribution in [0.3, 0.4) is 0 Å². The van der Waals surface area contributed by atoms with Gasteiger partial charge in [0.05, 0.1) is 86.5 Å². The summed E-state index contributed by atoms with van der Waals surface area (Å²) in [6.07, 6.45) is 12.1. The van der Waals surface area contributed by atoms with Crippen molar-refractivity contribution in [2.24, 2.45) is 22.7 Å². The van der Waals surface area contributed by atoms with Crippen molar-refractivity contribution < 1.29 is 37.3 Å². The number of hydrogen-bond donors (Lipinski definition) is 2. The Bertz CT molecular complexity index is 4450. The summed E-state index contributed by atoms with van der Waals surface area (Å²) < 4.78 is 52.6. The minimum Gasteiger partial charge on any atom is -0.448 e. The van der Waals surface area contributed by atoms with E-state index >= 15 is 0 Å². The lowest BCUT2D eigenvalue weighted by Crippen LogP contribution is -2.59. The summed E-state index contributed by atoms with van der Waals surface area (Å²) in [7, 11) is 3.04. The van der Waals surface area contributed by atoms with E-state index in [0.717, 1.165) is 66.6 Å². The maximum absolute atomic E-state index is 14.4. The number of methoxy groups -OCH3 is 2. The molecule has 504 valence electrons. The lowest BCUT2D eigenvalue weighted by molar-refractivity contribution is -0.0990. The van der Waals surface area contributed by atoms with Crippen LogP contribution in [0.25, 0.3) is 21.8 Å². The quantitative estimate of drug-likeness (QED) is 0.0529. The molecule has 2 N–H and O–H groups in total. The zero-order valence-corrected chi connectivity index (χ0v) is 57.2. The van der Waals surface area contributed by atoms with Crippen LogP contribution in [0.5, 0.6) is 0 Å². The van der Waals surface area contributed by atoms with E-state index in [0.29, 0.717) is 93.6 Å². The van der Waals surface area contributed by atoms with E-state index in [-0.39, 0.29) is 57.4 Å². The molecule has 0 spiro atoms. The molecule has 26 heteroatoms. The highest BCUT2D eigenvalue weighted by Gasteiger charge is 2.60. The molecule has 0 radical (unpaired) electrons. The van der Waals surface area contributed by atoms with Crippen LogP contribution in [0.2, 0.25) is 0 Å². The number of anilines is 3. The van der Waals surface area contributed by atoms with Gasteiger partial charge in [-0.3, -0.25) is 14.9 Å². The largest absolute Gasteiger partial charge is 0.448 e. The molecule has 6 aromatic heterocycles. The standard InChI is InChI=1S/C35H38FN9O3.C31H31FN8.C5H9ClO3/c1-20(18-47-6)48-33(46)45(25-9-23(14-37)30-27(10-25)31(24(15-38)16-39-30)40-19-34(3,4)5)32(26-7-8-29(36)41-21(26)2)28-17-44(43-42-28)35-11-22(12-35)13-35;1-18-23(5-6-27(32)37-18)24(26-16-40(39-38-26)31-10-20(11-31)12-31)8-19-7-21(13-33)28-25(9-19)29(22(14-34)15-35-28)36-17-30(2,3)4;1-4(3-8-2)9-5(6)7/h7-10,16-17,20,22,32H,11-13,18-19H2,1-6H3,(H,39,40);5-7,9,15-16,20,24H,8,10-12,17H2,1-4H3,(H,35,36);4H,3H2,1-2H3/t20-,22?,32?,35?;;4-/m1.1/s1. The van der Waals surface area contributed by atoms with E-state index in [1.807, 2.05) is 33.9 Å². The molecule has 1 amide bonds. The Morgan fingerprint density at radius 3 is 1.56 bits per heavy atom. The predicted molar refractivity (Wildman–Crippen MR) is 358 cm³/mol. The van der Waals surface area contributed by atoms with Gasteiger partial charge in [-0.25, -0.2) is 28.9 Å². The van der Waals surface area contributed by atoms with Crippen molar-refractivity contribution in [1.82, 2.24) is 49.9 Å². The number of carbonyl (C=O) groups excluding carboxylic acids is 2. The first kappa shape index (κ1) is 70.0. The third kappa shape index (κ3) is 15.3. The first-order chi connectivity index (χ1) is 46.1. The number of halogens is 3. The second-order valence-corrected chi connectivity index (χ2v) is 28.6. The maximum Gasteiger partial charge on any atom is 0.415 e. The topological polar surface area (TPSA) is 306 Å². The van der Waals surface area contributed by atoms with Gasteiger partial charge in [-0.15, -0.1) is 10.2 Å². The van der Waals surface area contributed by atoms with Crippen molar-refractivity contribution in [1.29, 1.82) is 21.0 Å². The number of amides is 1. The Labute approximate surface area is 567 Å². The third-order valence-electron chi connectivity index (χ3n) is 18.1. The molecule has 6 saturated carbocycles. The first-order valence-electron chi connectivity index (χ1n) is 32.1. The average Bonchev–Trinajstić information content (AvgIpc) is 1.59. The number of nitrogens with one attached hydrogen (secondary N) is 2. The number of carbonyl (C=O) groups is 2. The summed E-state index contributed by atoms with van der Waals surface area (Å²) in [4.78, 5) is 42.9. The second-order valence-electron chi connectivity index (χ2n) is 28.3. The molecule has 6 fully saturated rings. The van der Waals surface area contributed by atoms with Crippen LogP contribution in [0, 0.1) is 93.7 Å². The van der Waals surface area contributed by atoms with Crippen LogP contribution in [-0.4, -0.2) is 114 Å². The van der Waals surface area contributed by atoms with E-state index in [2.05, 4.69) is 126 Å². The van der Waals surface area contributed by atoms with Crippen LogP contribution in [-0.2, 0) is 36.4 Å². The fourth-order valence-corrected chi connectivity index (χ4v) is 13.3.